The summed E-state index contributed by atoms with van der Waals surface area (Å²) in [7, 11) is -11.0. The highest BCUT2D eigenvalue weighted by Gasteiger charge is 2.47. The molecule has 10 atom stereocenters. The first-order valence-electron chi connectivity index (χ1n) is 9.87. The highest BCUT2D eigenvalue weighted by Crippen LogP contribution is 2.59. The molecule has 1 amide bonds. The normalized spacial score (nSPS) is 40.0. The number of phosphoric acid groups is 2. The summed E-state index contributed by atoms with van der Waals surface area (Å²) in [6.45, 7) is 4.14. The van der Waals surface area contributed by atoms with E-state index in [1.165, 1.54) is 18.0 Å². The van der Waals surface area contributed by atoms with E-state index in [2.05, 4.69) is 25.3 Å². The molecule has 0 spiro atoms. The lowest BCUT2D eigenvalue weighted by Gasteiger charge is -2.38. The highest BCUT2D eigenvalue weighted by atomic mass is 31.3. The number of nitrogens with zero attached hydrogens (tertiary/aromatic N) is 1. The van der Waals surface area contributed by atoms with Crippen molar-refractivity contribution < 1.29 is 67.0 Å². The molecule has 5 unspecified atom stereocenters. The van der Waals surface area contributed by atoms with Crippen LogP contribution in [-0.4, -0.2) is 91.9 Å². The fraction of sp³-hybridized carbons (Fsp3) is 0.688. The minimum atomic E-state index is -5.62. The molecule has 0 bridgehead atoms. The van der Waals surface area contributed by atoms with Crippen molar-refractivity contribution in [2.24, 2.45) is 0 Å². The van der Waals surface area contributed by atoms with Crippen LogP contribution in [-0.2, 0) is 36.8 Å². The summed E-state index contributed by atoms with van der Waals surface area (Å²) in [6.07, 6.45) is -9.31. The number of ether oxygens (including phenoxy) is 2. The van der Waals surface area contributed by atoms with E-state index in [-0.39, 0.29) is 12.2 Å². The van der Waals surface area contributed by atoms with Crippen LogP contribution >= 0.6 is 15.6 Å². The number of aliphatic hydroxyl groups excluding tert-OH is 4. The van der Waals surface area contributed by atoms with Crippen molar-refractivity contribution >= 4 is 21.6 Å². The number of nitrogens with one attached hydrogen (secondary N) is 1. The van der Waals surface area contributed by atoms with Crippen LogP contribution in [0.5, 0.6) is 0 Å². The molecular weight excluding hydrogens is 506 g/mol. The molecule has 0 aromatic carbocycles. The summed E-state index contributed by atoms with van der Waals surface area (Å²) in [5, 5.41) is 42.2. The quantitative estimate of drug-likeness (QED) is 0.175. The molecule has 18 heteroatoms. The van der Waals surface area contributed by atoms with Gasteiger partial charge in [-0.25, -0.2) is 8.88 Å². The Morgan fingerprint density at radius 3 is 2.56 bits per heavy atom. The van der Waals surface area contributed by atoms with Gasteiger partial charge in [0.05, 0.1) is 18.8 Å². The van der Waals surface area contributed by atoms with Crippen LogP contribution in [0.2, 0.25) is 0 Å². The van der Waals surface area contributed by atoms with Crippen molar-refractivity contribution in [3.63, 3.8) is 0 Å². The molecule has 0 saturated carbocycles. The van der Waals surface area contributed by atoms with Gasteiger partial charge in [0.25, 0.3) is 13.7 Å². The van der Waals surface area contributed by atoms with Crippen LogP contribution in [0.15, 0.2) is 24.7 Å². The van der Waals surface area contributed by atoms with Gasteiger partial charge >= 0.3 is 7.82 Å². The minimum absolute atomic E-state index is 0.00383. The van der Waals surface area contributed by atoms with E-state index in [0.29, 0.717) is 0 Å². The molecule has 0 aromatic rings. The maximum absolute atomic E-state index is 12.1. The summed E-state index contributed by atoms with van der Waals surface area (Å²) < 4.78 is 47.7. The lowest BCUT2D eigenvalue weighted by atomic mass is 10.0. The molecule has 3 heterocycles. The third-order valence-electron chi connectivity index (χ3n) is 5.03. The van der Waals surface area contributed by atoms with Gasteiger partial charge in [-0.3, -0.25) is 18.4 Å². The standard InChI is InChI=1S/C16H26N2O14P2/c1-7-5-9(19)12(21)16(29-7)31-34(26,27)32-33(24,25)28-6-10-13(22)14(23)15(30-10)18-4-3-11(20)17-8(18)2/h3-4,7,9-10,12-16,19,21-23H,2,5-6H2,1H3,(H,17,20)(H,24,25)(H,26,27)/p-1/t7?,9-,10+,12?,13?,14-,15+,16+/m0/s1. The molecular formula is C16H25N2O14P2-. The van der Waals surface area contributed by atoms with Crippen LogP contribution in [0.1, 0.15) is 13.3 Å². The average Bonchev–Trinajstić information content (AvgIpc) is 2.97. The second-order valence-electron chi connectivity index (χ2n) is 7.71. The predicted molar refractivity (Wildman–Crippen MR) is 105 cm³/mol. The molecule has 16 nitrogen and oxygen atoms in total. The first kappa shape index (κ1) is 27.4. The van der Waals surface area contributed by atoms with E-state index in [1.807, 2.05) is 0 Å². The van der Waals surface area contributed by atoms with E-state index in [9.17, 15) is 44.1 Å². The number of hydrogen-bond donors (Lipinski definition) is 6. The fourth-order valence-electron chi connectivity index (χ4n) is 3.40. The molecule has 0 aliphatic carbocycles. The lowest BCUT2D eigenvalue weighted by Crippen LogP contribution is -2.48. The SMILES string of the molecule is C=C1NC(=O)C=CN1[C@@H]1O[C@H](COP(=O)(O)OP(=O)([O-])O[C@H]2OC(C)C[C@H](O)C2O)C(O)[C@@H]1O. The Hall–Kier alpha value is -1.23. The van der Waals surface area contributed by atoms with Crippen LogP contribution < -0.4 is 10.2 Å². The van der Waals surface area contributed by atoms with Crippen molar-refractivity contribution in [2.75, 3.05) is 6.61 Å². The van der Waals surface area contributed by atoms with Gasteiger partial charge < -0.3 is 49.9 Å². The van der Waals surface area contributed by atoms with Gasteiger partial charge in [0.15, 0.2) is 12.5 Å². The van der Waals surface area contributed by atoms with E-state index in [1.54, 1.807) is 0 Å². The molecule has 0 aromatic heterocycles. The highest BCUT2D eigenvalue weighted by molar-refractivity contribution is 7.60. The average molecular weight is 531 g/mol. The number of phosphoric ester groups is 2. The van der Waals surface area contributed by atoms with Crippen LogP contribution in [0.25, 0.3) is 0 Å². The van der Waals surface area contributed by atoms with Crippen molar-refractivity contribution in [1.82, 2.24) is 10.2 Å². The Morgan fingerprint density at radius 1 is 1.24 bits per heavy atom. The number of amides is 1. The zero-order valence-corrected chi connectivity index (χ0v) is 19.4. The van der Waals surface area contributed by atoms with Crippen LogP contribution in [0.4, 0.5) is 0 Å². The van der Waals surface area contributed by atoms with Crippen molar-refractivity contribution in [1.29, 1.82) is 0 Å². The summed E-state index contributed by atoms with van der Waals surface area (Å²) in [5.74, 6) is -0.454. The van der Waals surface area contributed by atoms with Gasteiger partial charge in [-0.05, 0) is 6.92 Å². The zero-order chi connectivity index (χ0) is 25.4. The summed E-state index contributed by atoms with van der Waals surface area (Å²) in [6, 6.07) is 0. The lowest BCUT2D eigenvalue weighted by molar-refractivity contribution is -0.276. The monoisotopic (exact) mass is 531 g/mol. The predicted octanol–water partition coefficient (Wildman–Crippen LogP) is -2.67. The number of rotatable bonds is 8. The third kappa shape index (κ3) is 6.50. The second-order valence-corrected chi connectivity index (χ2v) is 10.7. The Kier molecular flexibility index (Phi) is 8.37. The Bertz CT molecular complexity index is 916. The van der Waals surface area contributed by atoms with Crippen molar-refractivity contribution in [3.05, 3.63) is 24.7 Å². The second kappa shape index (κ2) is 10.4. The smallest absolute Gasteiger partial charge is 0.478 e. The van der Waals surface area contributed by atoms with Gasteiger partial charge in [-0.15, -0.1) is 0 Å². The van der Waals surface area contributed by atoms with E-state index >= 15 is 0 Å². The molecule has 194 valence electrons. The molecule has 2 saturated heterocycles. The van der Waals surface area contributed by atoms with Gasteiger partial charge in [0.2, 0.25) is 0 Å². The Labute approximate surface area is 193 Å². The van der Waals surface area contributed by atoms with Crippen LogP contribution in [0.3, 0.4) is 0 Å². The number of carbonyl (C=O) groups is 1. The molecule has 3 rings (SSSR count). The molecule has 3 aliphatic heterocycles. The first-order chi connectivity index (χ1) is 15.7. The minimum Gasteiger partial charge on any atom is -0.756 e. The van der Waals surface area contributed by atoms with E-state index in [4.69, 9.17) is 9.47 Å². The number of aliphatic hydroxyl groups is 4. The maximum Gasteiger partial charge on any atom is 0.478 e. The van der Waals surface area contributed by atoms with Gasteiger partial charge in [-0.1, -0.05) is 6.58 Å². The zero-order valence-electron chi connectivity index (χ0n) is 17.6. The molecule has 2 fully saturated rings. The Balaban J connectivity index is 1.57. The summed E-state index contributed by atoms with van der Waals surface area (Å²) >= 11 is 0. The topological polar surface area (TPSA) is 237 Å². The van der Waals surface area contributed by atoms with Gasteiger partial charge in [0, 0.05) is 18.7 Å². The summed E-state index contributed by atoms with van der Waals surface area (Å²) in [4.78, 5) is 34.3. The Morgan fingerprint density at radius 2 is 1.91 bits per heavy atom. The molecule has 34 heavy (non-hydrogen) atoms. The maximum atomic E-state index is 12.1. The number of carbonyl (C=O) groups excluding carboxylic acids is 1. The van der Waals surface area contributed by atoms with Crippen molar-refractivity contribution in [2.45, 2.75) is 62.5 Å². The number of hydrogen-bond acceptors (Lipinski definition) is 14. The van der Waals surface area contributed by atoms with Crippen molar-refractivity contribution in [3.8, 4) is 0 Å². The molecule has 3 aliphatic rings. The van der Waals surface area contributed by atoms with Gasteiger partial charge in [-0.2, -0.15) is 0 Å². The fourth-order valence-corrected chi connectivity index (χ4v) is 5.52. The molecule has 0 radical (unpaired) electrons. The first-order valence-corrected chi connectivity index (χ1v) is 12.8. The molecule has 6 N–H and O–H groups in total. The van der Waals surface area contributed by atoms with E-state index in [0.717, 1.165) is 6.08 Å². The van der Waals surface area contributed by atoms with E-state index < -0.39 is 77.3 Å². The summed E-state index contributed by atoms with van der Waals surface area (Å²) in [5.41, 5.74) is 0. The largest absolute Gasteiger partial charge is 0.756 e. The third-order valence-corrected chi connectivity index (χ3v) is 7.59. The van der Waals surface area contributed by atoms with Gasteiger partial charge in [0.1, 0.15) is 30.2 Å². The van der Waals surface area contributed by atoms with Crippen LogP contribution in [0, 0.1) is 0 Å².